The van der Waals surface area contributed by atoms with Crippen LogP contribution in [-0.2, 0) is 89.8 Å². The zero-order chi connectivity index (χ0) is 101. The topological polar surface area (TPSA) is 595 Å². The van der Waals surface area contributed by atoms with E-state index < -0.39 is 95.6 Å². The number of nitrogens with one attached hydrogen (secondary N) is 14. The molecule has 0 fully saturated rings. The van der Waals surface area contributed by atoms with Crippen LogP contribution in [0.1, 0.15) is 107 Å². The molecule has 11 amide bonds. The van der Waals surface area contributed by atoms with E-state index in [1.165, 1.54) is 96.6 Å². The number of aliphatic carboxylic acids is 3. The quantitative estimate of drug-likeness (QED) is 0.0124. The van der Waals surface area contributed by atoms with Gasteiger partial charge in [0.05, 0.1) is 98.5 Å². The van der Waals surface area contributed by atoms with E-state index in [0.717, 1.165) is 34.0 Å². The Kier molecular flexibility index (Phi) is 36.1. The predicted molar refractivity (Wildman–Crippen MR) is 458 cm³/mol. The number of aromatic amines is 1. The summed E-state index contributed by atoms with van der Waals surface area (Å²) in [5.41, 5.74) is 9.41. The van der Waals surface area contributed by atoms with Crippen molar-refractivity contribution in [2.24, 2.45) is 56.4 Å². The molecule has 0 aliphatic carbocycles. The number of carboxylic acid groups (broad SMARTS) is 3. The molecule has 2 aromatic carbocycles. The Balaban J connectivity index is 0.000000968. The first kappa shape index (κ1) is 105. The molecular formula is C82H93F9N26O19. The standard InChI is InChI=1S/C76H90N26O13.3C2HF3O2/c1-94(2)26-22-83-67(104)51-16-13-15-50-62(49-14-11-12-17-53(49)89-63(50)51)79-25-29-115-31-30-114-28-24-78-61(103)19-21-82-70(107)54-32-45(38-96(54)4)85-72(109)57-35-47(40-99(57)7)87-73(110)58-36-46(39-100(58)8)86-71(108)56-34-44(37-98(56)6)84-68(105)52(77)18-20-81-69(106)55-33-48(41-97(55)5)88-75(112)65-90-60(43-101(65)9)93-76(113)66-91-59(42-102(66)10)92-74(111)64-80-23-27-95(64)3;3*3-2(4,5)1(6)7/h11-17,23,27,32-43,52H,18-22,24-26,28-31,77H2,1-10H3,(H,78,103)(H,79,89)(H,81,106)(H,82,107)(H,83,104)(H,84,105)(H,85,109)(H,86,108)(H,87,110)(H,88,112)(H,92,111)(H,93,113);3*(H,6,7)/t52-;;;/m1.../s1. The highest BCUT2D eigenvalue weighted by Crippen LogP contribution is 2.31. The number of nitrogens with zero attached hydrogens (tertiary/aromatic N) is 11. The van der Waals surface area contributed by atoms with Gasteiger partial charge in [0, 0.05) is 157 Å². The molecule has 0 saturated carbocycles. The number of alkyl halides is 9. The first-order valence-corrected chi connectivity index (χ1v) is 40.3. The summed E-state index contributed by atoms with van der Waals surface area (Å²) in [7, 11) is 17.0. The van der Waals surface area contributed by atoms with Gasteiger partial charge in [0.25, 0.3) is 59.1 Å². The van der Waals surface area contributed by atoms with Crippen molar-refractivity contribution in [3.8, 4) is 0 Å². The van der Waals surface area contributed by atoms with Crippen LogP contribution in [-0.4, -0.2) is 239 Å². The first-order valence-electron chi connectivity index (χ1n) is 40.3. The second-order valence-electron chi connectivity index (χ2n) is 29.9. The number of carboxylic acids is 3. The van der Waals surface area contributed by atoms with Crippen molar-refractivity contribution in [1.29, 1.82) is 0 Å². The van der Waals surface area contributed by atoms with Gasteiger partial charge in [0.1, 0.15) is 51.9 Å². The maximum absolute atomic E-state index is 13.7. The van der Waals surface area contributed by atoms with E-state index >= 15 is 0 Å². The number of halogens is 9. The Labute approximate surface area is 763 Å². The molecule has 0 bridgehead atoms. The van der Waals surface area contributed by atoms with Crippen LogP contribution in [0, 0.1) is 0 Å². The highest BCUT2D eigenvalue weighted by molar-refractivity contribution is 6.13. The molecule has 0 unspecified atom stereocenters. The smallest absolute Gasteiger partial charge is 0.430 e. The number of hydrogen-bond donors (Lipinski definition) is 14. The average Bonchev–Trinajstić information content (AvgIpc) is 0.787. The Morgan fingerprint density at radius 2 is 0.816 bits per heavy atom. The molecule has 728 valence electrons. The molecule has 17 N–H and O–H groups in total. The number of aryl methyl sites for hydroxylation is 8. The molecule has 11 aromatic rings. The number of H-pyrrole nitrogens is 1. The summed E-state index contributed by atoms with van der Waals surface area (Å²) in [6, 6.07) is 20.1. The molecular weight excluding hydrogens is 1820 g/mol. The number of rotatable bonds is 36. The largest absolute Gasteiger partial charge is 0.542 e. The number of fused-ring (bicyclic) bond motifs is 2. The summed E-state index contributed by atoms with van der Waals surface area (Å²) in [6.07, 6.45) is -1.76. The maximum atomic E-state index is 13.7. The number of likely N-dealkylation sites (N-methyl/N-ethyl adjacent to an activating group) is 1. The Hall–Kier alpha value is -16.3. The fourth-order valence-electron chi connectivity index (χ4n) is 12.5. The number of hydrogen-bond acceptors (Lipinski definition) is 23. The summed E-state index contributed by atoms with van der Waals surface area (Å²) in [5, 5.41) is 62.1. The lowest BCUT2D eigenvalue weighted by atomic mass is 10.0. The lowest BCUT2D eigenvalue weighted by Crippen LogP contribution is -3.06. The number of para-hydroxylation sites is 2. The van der Waals surface area contributed by atoms with Gasteiger partial charge in [-0.05, 0) is 48.5 Å². The van der Waals surface area contributed by atoms with Crippen molar-refractivity contribution in [2.45, 2.75) is 37.4 Å². The summed E-state index contributed by atoms with van der Waals surface area (Å²) < 4.78 is 118. The van der Waals surface area contributed by atoms with Crippen LogP contribution >= 0.6 is 0 Å². The number of anilines is 8. The highest BCUT2D eigenvalue weighted by atomic mass is 19.4. The minimum absolute atomic E-state index is 0.00835. The SMILES string of the molecule is Cn1cc(NC(=O)c2cc(NC(=O)c3cc(NC(=O)c4cc(NC(=O)[C@H]([NH3+])CCNC(=O)c5cc(NC(=O)c6nc(NC(=O)c7nc(NC(=O)c8nccn8C)cn7C)cn6C)cn5C)cn4C)cn3C)cn2C)cc1C(=O)NCCC(=O)NCCOCCOCCNc1c2ccccc2[nH+]c2c(C(=O)NCC[NH+](C)C)cccc12.O=C([O-])C(F)(F)F.O=C([O-])C(F)(F)F.O=C([O-])C(F)(F)F. The van der Waals surface area contributed by atoms with Crippen molar-refractivity contribution >= 4 is 150 Å². The van der Waals surface area contributed by atoms with Gasteiger partial charge in [0.15, 0.2) is 23.5 Å². The number of pyridine rings is 1. The van der Waals surface area contributed by atoms with Crippen LogP contribution in [0.25, 0.3) is 21.8 Å². The molecule has 0 spiro atoms. The Morgan fingerprint density at radius 3 is 1.25 bits per heavy atom. The molecule has 45 nitrogen and oxygen atoms in total. The molecule has 9 aromatic heterocycles. The molecule has 0 saturated heterocycles. The minimum Gasteiger partial charge on any atom is -0.542 e. The third-order valence-corrected chi connectivity index (χ3v) is 19.1. The summed E-state index contributed by atoms with van der Waals surface area (Å²) in [4.78, 5) is 189. The predicted octanol–water partition coefficient (Wildman–Crippen LogP) is -1.27. The van der Waals surface area contributed by atoms with Crippen LogP contribution in [0.15, 0.2) is 129 Å². The molecule has 0 aliphatic rings. The second-order valence-corrected chi connectivity index (χ2v) is 29.9. The molecule has 0 aliphatic heterocycles. The zero-order valence-corrected chi connectivity index (χ0v) is 74.0. The molecule has 9 heterocycles. The number of ether oxygens (including phenoxy) is 2. The number of benzene rings is 2. The van der Waals surface area contributed by atoms with Crippen molar-refractivity contribution in [3.63, 3.8) is 0 Å². The van der Waals surface area contributed by atoms with Crippen molar-refractivity contribution in [1.82, 2.24) is 72.8 Å². The number of quaternary nitrogens is 2. The van der Waals surface area contributed by atoms with E-state index in [1.54, 1.807) is 87.4 Å². The molecule has 0 radical (unpaired) electrons. The van der Waals surface area contributed by atoms with Gasteiger partial charge in [-0.25, -0.2) is 19.9 Å². The Bertz CT molecular complexity index is 6190. The summed E-state index contributed by atoms with van der Waals surface area (Å²) in [5.74, 6) is -14.2. The zero-order valence-electron chi connectivity index (χ0n) is 74.0. The minimum atomic E-state index is -5.19. The number of carbonyl (C=O) groups is 14. The van der Waals surface area contributed by atoms with Crippen LogP contribution in [0.5, 0.6) is 0 Å². The Morgan fingerprint density at radius 1 is 0.426 bits per heavy atom. The average molecular weight is 1920 g/mol. The molecule has 11 rings (SSSR count). The van der Waals surface area contributed by atoms with Crippen LogP contribution < -0.4 is 94.7 Å². The van der Waals surface area contributed by atoms with E-state index in [2.05, 4.69) is 89.5 Å². The third kappa shape index (κ3) is 29.9. The number of aromatic nitrogens is 12. The van der Waals surface area contributed by atoms with Crippen LogP contribution in [0.3, 0.4) is 0 Å². The lowest BCUT2D eigenvalue weighted by molar-refractivity contribution is -0.856. The molecule has 136 heavy (non-hydrogen) atoms. The normalized spacial score (nSPS) is 11.4. The van der Waals surface area contributed by atoms with Crippen molar-refractivity contribution in [3.05, 3.63) is 180 Å². The highest BCUT2D eigenvalue weighted by Gasteiger charge is 2.32. The summed E-state index contributed by atoms with van der Waals surface area (Å²) in [6.45, 7) is 3.49. The first-order chi connectivity index (χ1) is 63.9. The van der Waals surface area contributed by atoms with E-state index in [4.69, 9.17) is 39.2 Å². The van der Waals surface area contributed by atoms with Gasteiger partial charge in [0.2, 0.25) is 28.6 Å². The molecule has 1 atom stereocenters. The lowest BCUT2D eigenvalue weighted by Gasteiger charge is -2.13. The van der Waals surface area contributed by atoms with Crippen molar-refractivity contribution < 1.29 is 147 Å². The van der Waals surface area contributed by atoms with Crippen LogP contribution in [0.4, 0.5) is 85.3 Å². The molecule has 54 heteroatoms. The van der Waals surface area contributed by atoms with Gasteiger partial charge in [-0.1, -0.05) is 18.2 Å². The third-order valence-electron chi connectivity index (χ3n) is 19.1. The van der Waals surface area contributed by atoms with Crippen LogP contribution in [0.2, 0.25) is 0 Å². The van der Waals surface area contributed by atoms with Gasteiger partial charge >= 0.3 is 18.5 Å². The van der Waals surface area contributed by atoms with E-state index in [9.17, 15) is 92.3 Å². The van der Waals surface area contributed by atoms with E-state index in [-0.39, 0.29) is 126 Å². The fraction of sp³-hybridized carbons (Fsp3) is 0.317. The van der Waals surface area contributed by atoms with Gasteiger partial charge in [-0.3, -0.25) is 52.7 Å². The fourth-order valence-corrected chi connectivity index (χ4v) is 12.5. The summed E-state index contributed by atoms with van der Waals surface area (Å²) >= 11 is 0. The maximum Gasteiger partial charge on any atom is 0.430 e. The van der Waals surface area contributed by atoms with Crippen molar-refractivity contribution in [2.75, 3.05) is 122 Å². The van der Waals surface area contributed by atoms with Gasteiger partial charge in [-0.15, -0.1) is 0 Å². The van der Waals surface area contributed by atoms with Gasteiger partial charge < -0.3 is 150 Å². The number of amides is 11. The number of carbonyl (C=O) groups excluding carboxylic acids is 14. The van der Waals surface area contributed by atoms with E-state index in [0.29, 0.717) is 49.8 Å². The second kappa shape index (κ2) is 46.7. The number of imidazole rings is 3. The monoisotopic (exact) mass is 1920 g/mol. The van der Waals surface area contributed by atoms with E-state index in [1.807, 2.05) is 56.6 Å². The van der Waals surface area contributed by atoms with Gasteiger partial charge in [-0.2, -0.15) is 39.5 Å².